The van der Waals surface area contributed by atoms with E-state index in [0.717, 1.165) is 19.6 Å². The van der Waals surface area contributed by atoms with E-state index in [0.29, 0.717) is 17.9 Å². The van der Waals surface area contributed by atoms with Crippen LogP contribution in [-0.4, -0.2) is 55.2 Å². The largest absolute Gasteiger partial charge is 0.345 e. The maximum atomic E-state index is 12.2. The summed E-state index contributed by atoms with van der Waals surface area (Å²) in [7, 11) is 3.98. The molecule has 0 N–H and O–H groups in total. The number of ketones is 1. The first-order chi connectivity index (χ1) is 10.6. The molecule has 1 aromatic rings. The Hall–Kier alpha value is -1.68. The summed E-state index contributed by atoms with van der Waals surface area (Å²) < 4.78 is 0. The van der Waals surface area contributed by atoms with Crippen molar-refractivity contribution in [2.45, 2.75) is 25.7 Å². The molecular weight excluding hydrogens is 276 g/mol. The average Bonchev–Trinajstić information content (AvgIpc) is 2.53. The molecule has 0 aliphatic carbocycles. The summed E-state index contributed by atoms with van der Waals surface area (Å²) in [4.78, 5) is 28.3. The molecular formula is C18H26N2O2. The zero-order valence-corrected chi connectivity index (χ0v) is 13.6. The minimum Gasteiger partial charge on any atom is -0.345 e. The van der Waals surface area contributed by atoms with Gasteiger partial charge in [-0.25, -0.2) is 0 Å². The number of Topliss-reactive ketones (excluding diaryl/α,β-unsaturated/α-hetero) is 1. The van der Waals surface area contributed by atoms with Crippen molar-refractivity contribution in [2.75, 3.05) is 33.7 Å². The Morgan fingerprint density at radius 3 is 2.64 bits per heavy atom. The average molecular weight is 302 g/mol. The molecule has 22 heavy (non-hydrogen) atoms. The summed E-state index contributed by atoms with van der Waals surface area (Å²) in [5.74, 6) is 0.662. The Kier molecular flexibility index (Phi) is 6.13. The topological polar surface area (TPSA) is 40.6 Å². The van der Waals surface area contributed by atoms with Gasteiger partial charge in [0, 0.05) is 38.5 Å². The molecule has 4 heteroatoms. The third-order valence-corrected chi connectivity index (χ3v) is 4.34. The van der Waals surface area contributed by atoms with Gasteiger partial charge in [-0.2, -0.15) is 0 Å². The molecule has 1 atom stereocenters. The fourth-order valence-corrected chi connectivity index (χ4v) is 3.09. The summed E-state index contributed by atoms with van der Waals surface area (Å²) in [5.41, 5.74) is 0.687. The van der Waals surface area contributed by atoms with E-state index in [4.69, 9.17) is 0 Å². The van der Waals surface area contributed by atoms with Crippen LogP contribution in [0.25, 0.3) is 0 Å². The molecule has 2 rings (SSSR count). The monoisotopic (exact) mass is 302 g/mol. The maximum absolute atomic E-state index is 12.2. The van der Waals surface area contributed by atoms with Crippen molar-refractivity contribution in [2.24, 2.45) is 5.92 Å². The molecule has 1 fully saturated rings. The van der Waals surface area contributed by atoms with Gasteiger partial charge in [-0.3, -0.25) is 9.59 Å². The zero-order valence-electron chi connectivity index (χ0n) is 13.6. The Labute approximate surface area is 133 Å². The number of likely N-dealkylation sites (tertiary alicyclic amines) is 1. The highest BCUT2D eigenvalue weighted by molar-refractivity contribution is 5.97. The van der Waals surface area contributed by atoms with Crippen LogP contribution >= 0.6 is 0 Å². The van der Waals surface area contributed by atoms with E-state index in [-0.39, 0.29) is 18.1 Å². The molecule has 4 nitrogen and oxygen atoms in total. The summed E-state index contributed by atoms with van der Waals surface area (Å²) in [5, 5.41) is 0. The number of hydrogen-bond acceptors (Lipinski definition) is 3. The van der Waals surface area contributed by atoms with Gasteiger partial charge < -0.3 is 9.80 Å². The molecule has 0 saturated carbocycles. The predicted molar refractivity (Wildman–Crippen MR) is 87.9 cm³/mol. The summed E-state index contributed by atoms with van der Waals surface area (Å²) in [6.07, 6.45) is 2.98. The highest BCUT2D eigenvalue weighted by Crippen LogP contribution is 2.16. The van der Waals surface area contributed by atoms with Crippen LogP contribution in [0, 0.1) is 5.92 Å². The number of rotatable bonds is 6. The van der Waals surface area contributed by atoms with Gasteiger partial charge in [0.05, 0.1) is 0 Å². The summed E-state index contributed by atoms with van der Waals surface area (Å²) >= 11 is 0. The molecule has 0 spiro atoms. The highest BCUT2D eigenvalue weighted by atomic mass is 16.2. The lowest BCUT2D eigenvalue weighted by Gasteiger charge is -2.32. The summed E-state index contributed by atoms with van der Waals surface area (Å²) in [6, 6.07) is 9.18. The van der Waals surface area contributed by atoms with E-state index >= 15 is 0 Å². The quantitative estimate of drug-likeness (QED) is 0.758. The van der Waals surface area contributed by atoms with Gasteiger partial charge in [0.2, 0.25) is 5.91 Å². The van der Waals surface area contributed by atoms with Crippen LogP contribution in [0.1, 0.15) is 36.0 Å². The minimum atomic E-state index is 0.0414. The fourth-order valence-electron chi connectivity index (χ4n) is 3.09. The van der Waals surface area contributed by atoms with Crippen LogP contribution in [-0.2, 0) is 4.79 Å². The Morgan fingerprint density at radius 1 is 1.23 bits per heavy atom. The van der Waals surface area contributed by atoms with E-state index < -0.39 is 0 Å². The standard InChI is InChI=1S/C18H26N2O2/c1-19-12-6-7-15(13-19)14-20(2)18(22)11-10-17(21)16-8-4-3-5-9-16/h3-5,8-9,15H,6-7,10-14H2,1-2H3/t15-/m1/s1. The summed E-state index contributed by atoms with van der Waals surface area (Å²) in [6.45, 7) is 3.00. The third-order valence-electron chi connectivity index (χ3n) is 4.34. The van der Waals surface area contributed by atoms with Crippen LogP contribution in [0.3, 0.4) is 0 Å². The van der Waals surface area contributed by atoms with Crippen molar-refractivity contribution in [3.05, 3.63) is 35.9 Å². The van der Waals surface area contributed by atoms with E-state index in [1.165, 1.54) is 12.8 Å². The fraction of sp³-hybridized carbons (Fsp3) is 0.556. The molecule has 1 heterocycles. The number of benzene rings is 1. The van der Waals surface area contributed by atoms with Gasteiger partial charge in [-0.1, -0.05) is 30.3 Å². The van der Waals surface area contributed by atoms with Gasteiger partial charge in [-0.15, -0.1) is 0 Å². The van der Waals surface area contributed by atoms with Crippen molar-refractivity contribution in [3.8, 4) is 0 Å². The molecule has 1 aliphatic heterocycles. The van der Waals surface area contributed by atoms with E-state index in [9.17, 15) is 9.59 Å². The smallest absolute Gasteiger partial charge is 0.222 e. The molecule has 0 radical (unpaired) electrons. The van der Waals surface area contributed by atoms with E-state index in [2.05, 4.69) is 11.9 Å². The SMILES string of the molecule is CN1CCC[C@@H](CN(C)C(=O)CCC(=O)c2ccccc2)C1. The molecule has 1 aliphatic rings. The predicted octanol–water partition coefficient (Wildman–Crippen LogP) is 2.45. The first kappa shape index (κ1) is 16.7. The lowest BCUT2D eigenvalue weighted by molar-refractivity contribution is -0.130. The lowest BCUT2D eigenvalue weighted by Crippen LogP contribution is -2.40. The molecule has 120 valence electrons. The van der Waals surface area contributed by atoms with Crippen molar-refractivity contribution in [3.63, 3.8) is 0 Å². The molecule has 1 aromatic carbocycles. The second-order valence-corrected chi connectivity index (χ2v) is 6.33. The molecule has 0 aromatic heterocycles. The number of carbonyl (C=O) groups excluding carboxylic acids is 2. The number of nitrogens with zero attached hydrogens (tertiary/aromatic N) is 2. The first-order valence-electron chi connectivity index (χ1n) is 8.07. The second kappa shape index (κ2) is 8.08. The third kappa shape index (κ3) is 4.95. The minimum absolute atomic E-state index is 0.0414. The number of hydrogen-bond donors (Lipinski definition) is 0. The van der Waals surface area contributed by atoms with E-state index in [1.807, 2.05) is 25.2 Å². The highest BCUT2D eigenvalue weighted by Gasteiger charge is 2.21. The van der Waals surface area contributed by atoms with Crippen molar-refractivity contribution in [1.29, 1.82) is 0 Å². The van der Waals surface area contributed by atoms with Gasteiger partial charge in [0.15, 0.2) is 5.78 Å². The van der Waals surface area contributed by atoms with Gasteiger partial charge in [0.1, 0.15) is 0 Å². The van der Waals surface area contributed by atoms with Gasteiger partial charge in [-0.05, 0) is 32.4 Å². The molecule has 0 unspecified atom stereocenters. The van der Waals surface area contributed by atoms with Crippen molar-refractivity contribution in [1.82, 2.24) is 9.80 Å². The van der Waals surface area contributed by atoms with E-state index in [1.54, 1.807) is 17.0 Å². The van der Waals surface area contributed by atoms with Crippen LogP contribution < -0.4 is 0 Å². The van der Waals surface area contributed by atoms with Crippen LogP contribution in [0.4, 0.5) is 0 Å². The Balaban J connectivity index is 1.75. The lowest BCUT2D eigenvalue weighted by atomic mass is 9.98. The van der Waals surface area contributed by atoms with Crippen LogP contribution in [0.15, 0.2) is 30.3 Å². The zero-order chi connectivity index (χ0) is 15.9. The molecule has 1 amide bonds. The Bertz CT molecular complexity index is 501. The van der Waals surface area contributed by atoms with Gasteiger partial charge >= 0.3 is 0 Å². The van der Waals surface area contributed by atoms with Gasteiger partial charge in [0.25, 0.3) is 0 Å². The second-order valence-electron chi connectivity index (χ2n) is 6.33. The first-order valence-corrected chi connectivity index (χ1v) is 8.07. The normalized spacial score (nSPS) is 18.9. The number of amides is 1. The van der Waals surface area contributed by atoms with Crippen molar-refractivity contribution < 1.29 is 9.59 Å². The Morgan fingerprint density at radius 2 is 1.95 bits per heavy atom. The van der Waals surface area contributed by atoms with Crippen LogP contribution in [0.5, 0.6) is 0 Å². The number of piperidine rings is 1. The molecule has 0 bridgehead atoms. The number of carbonyl (C=O) groups is 2. The molecule has 1 saturated heterocycles. The van der Waals surface area contributed by atoms with Crippen molar-refractivity contribution >= 4 is 11.7 Å². The van der Waals surface area contributed by atoms with Crippen LogP contribution in [0.2, 0.25) is 0 Å². The maximum Gasteiger partial charge on any atom is 0.222 e.